The van der Waals surface area contributed by atoms with Crippen molar-refractivity contribution in [2.75, 3.05) is 11.6 Å². The molecule has 0 aliphatic carbocycles. The molecule has 0 aliphatic heterocycles. The monoisotopic (exact) mass is 281 g/mol. The average Bonchev–Trinajstić information content (AvgIpc) is 2.70. The van der Waals surface area contributed by atoms with Crippen LogP contribution in [0.25, 0.3) is 5.52 Å². The van der Waals surface area contributed by atoms with Crippen LogP contribution in [0.3, 0.4) is 0 Å². The lowest BCUT2D eigenvalue weighted by Crippen LogP contribution is -2.05. The molecule has 8 heteroatoms. The van der Waals surface area contributed by atoms with Crippen molar-refractivity contribution in [3.63, 3.8) is 0 Å². The van der Waals surface area contributed by atoms with Gasteiger partial charge in [-0.1, -0.05) is 0 Å². The molecule has 0 fully saturated rings. The smallest absolute Gasteiger partial charge is 0.246 e. The van der Waals surface area contributed by atoms with E-state index in [1.165, 1.54) is 28.7 Å². The molecule has 2 aromatic heterocycles. The molecule has 0 unspecified atom stereocenters. The molecule has 0 saturated carbocycles. The van der Waals surface area contributed by atoms with Crippen molar-refractivity contribution >= 4 is 28.9 Å². The van der Waals surface area contributed by atoms with Crippen LogP contribution in [0.1, 0.15) is 5.69 Å². The number of hydrogen-bond acceptors (Lipinski definition) is 3. The number of halogens is 4. The SMILES string of the molecule is FC(F)(F)c1cc2c(SCCCl)nccn2n1. The van der Waals surface area contributed by atoms with Gasteiger partial charge in [0.25, 0.3) is 0 Å². The fourth-order valence-corrected chi connectivity index (χ4v) is 2.22. The number of alkyl halides is 4. The van der Waals surface area contributed by atoms with E-state index >= 15 is 0 Å². The Balaban J connectivity index is 2.45. The number of hydrogen-bond donors (Lipinski definition) is 0. The molecule has 0 spiro atoms. The molecule has 2 heterocycles. The average molecular weight is 282 g/mol. The van der Waals surface area contributed by atoms with Gasteiger partial charge in [0.05, 0.1) is 5.52 Å². The van der Waals surface area contributed by atoms with Crippen molar-refractivity contribution in [2.45, 2.75) is 11.2 Å². The normalized spacial score (nSPS) is 12.2. The Morgan fingerprint density at radius 1 is 1.41 bits per heavy atom. The summed E-state index contributed by atoms with van der Waals surface area (Å²) in [6.07, 6.45) is -1.65. The van der Waals surface area contributed by atoms with Gasteiger partial charge in [0.2, 0.25) is 0 Å². The van der Waals surface area contributed by atoms with Crippen molar-refractivity contribution < 1.29 is 13.2 Å². The van der Waals surface area contributed by atoms with Gasteiger partial charge in [-0.05, 0) is 6.07 Å². The summed E-state index contributed by atoms with van der Waals surface area (Å²) in [5, 5.41) is 3.95. The van der Waals surface area contributed by atoms with E-state index in [0.717, 1.165) is 6.07 Å². The lowest BCUT2D eigenvalue weighted by atomic mass is 10.4. The Bertz CT molecular complexity index is 526. The van der Waals surface area contributed by atoms with Crippen molar-refractivity contribution in [3.8, 4) is 0 Å². The van der Waals surface area contributed by atoms with Gasteiger partial charge < -0.3 is 0 Å². The summed E-state index contributed by atoms with van der Waals surface area (Å²) in [6, 6.07) is 0.990. The van der Waals surface area contributed by atoms with Crippen LogP contribution < -0.4 is 0 Å². The van der Waals surface area contributed by atoms with Crippen LogP contribution in [0.2, 0.25) is 0 Å². The first kappa shape index (κ1) is 12.5. The lowest BCUT2D eigenvalue weighted by molar-refractivity contribution is -0.141. The highest BCUT2D eigenvalue weighted by Crippen LogP contribution is 2.30. The zero-order valence-electron chi connectivity index (χ0n) is 8.41. The molecule has 92 valence electrons. The van der Waals surface area contributed by atoms with Crippen LogP contribution in [-0.4, -0.2) is 26.2 Å². The Morgan fingerprint density at radius 2 is 2.18 bits per heavy atom. The van der Waals surface area contributed by atoms with Gasteiger partial charge >= 0.3 is 6.18 Å². The van der Waals surface area contributed by atoms with Gasteiger partial charge in [-0.2, -0.15) is 18.3 Å². The summed E-state index contributed by atoms with van der Waals surface area (Å²) < 4.78 is 38.6. The number of rotatable bonds is 3. The van der Waals surface area contributed by atoms with Crippen LogP contribution >= 0.6 is 23.4 Å². The van der Waals surface area contributed by atoms with E-state index in [-0.39, 0.29) is 0 Å². The largest absolute Gasteiger partial charge is 0.435 e. The Labute approximate surface area is 104 Å². The molecule has 0 aromatic carbocycles. The van der Waals surface area contributed by atoms with E-state index in [1.54, 1.807) is 0 Å². The summed E-state index contributed by atoms with van der Waals surface area (Å²) >= 11 is 6.83. The minimum atomic E-state index is -4.44. The minimum absolute atomic E-state index is 0.343. The van der Waals surface area contributed by atoms with Crippen molar-refractivity contribution in [2.24, 2.45) is 0 Å². The summed E-state index contributed by atoms with van der Waals surface area (Å²) in [6.45, 7) is 0. The zero-order chi connectivity index (χ0) is 12.5. The standard InChI is InChI=1S/C9H7ClF3N3S/c10-1-4-17-8-6-5-7(9(11,12)13)15-16(6)3-2-14-8/h2-3,5H,1,4H2. The minimum Gasteiger partial charge on any atom is -0.246 e. The van der Waals surface area contributed by atoms with Crippen LogP contribution in [0.15, 0.2) is 23.5 Å². The van der Waals surface area contributed by atoms with Gasteiger partial charge in [0.15, 0.2) is 5.69 Å². The van der Waals surface area contributed by atoms with Gasteiger partial charge in [-0.15, -0.1) is 23.4 Å². The second kappa shape index (κ2) is 4.73. The fourth-order valence-electron chi connectivity index (χ4n) is 1.28. The van der Waals surface area contributed by atoms with Gasteiger partial charge in [0.1, 0.15) is 5.03 Å². The van der Waals surface area contributed by atoms with Crippen LogP contribution in [0, 0.1) is 0 Å². The Kier molecular flexibility index (Phi) is 3.48. The molecule has 0 radical (unpaired) electrons. The van der Waals surface area contributed by atoms with Crippen molar-refractivity contribution in [1.29, 1.82) is 0 Å². The molecule has 0 bridgehead atoms. The second-order valence-corrected chi connectivity index (χ2v) is 4.59. The first-order valence-corrected chi connectivity index (χ1v) is 6.15. The fraction of sp³-hybridized carbons (Fsp3) is 0.333. The molecule has 0 atom stereocenters. The maximum absolute atomic E-state index is 12.5. The number of fused-ring (bicyclic) bond motifs is 1. The first-order chi connectivity index (χ1) is 8.02. The van der Waals surface area contributed by atoms with Crippen LogP contribution in [0.4, 0.5) is 13.2 Å². The number of thioether (sulfide) groups is 1. The highest BCUT2D eigenvalue weighted by Gasteiger charge is 2.34. The first-order valence-electron chi connectivity index (χ1n) is 4.62. The van der Waals surface area contributed by atoms with Crippen LogP contribution in [0.5, 0.6) is 0 Å². The van der Waals surface area contributed by atoms with E-state index in [1.807, 2.05) is 0 Å². The van der Waals surface area contributed by atoms with Crippen molar-refractivity contribution in [3.05, 3.63) is 24.2 Å². The molecule has 17 heavy (non-hydrogen) atoms. The summed E-state index contributed by atoms with van der Waals surface area (Å²) in [7, 11) is 0. The maximum Gasteiger partial charge on any atom is 0.435 e. The Morgan fingerprint density at radius 3 is 2.82 bits per heavy atom. The van der Waals surface area contributed by atoms with Gasteiger partial charge in [0, 0.05) is 24.0 Å². The molecule has 0 N–H and O–H groups in total. The van der Waals surface area contributed by atoms with Gasteiger partial charge in [-0.25, -0.2) is 9.50 Å². The molecule has 0 saturated heterocycles. The Hall–Kier alpha value is -0.950. The summed E-state index contributed by atoms with van der Waals surface area (Å²) in [4.78, 5) is 4.02. The topological polar surface area (TPSA) is 30.2 Å². The summed E-state index contributed by atoms with van der Waals surface area (Å²) in [5.41, 5.74) is -0.576. The van der Waals surface area contributed by atoms with E-state index in [2.05, 4.69) is 10.1 Å². The molecule has 0 aliphatic rings. The third-order valence-electron chi connectivity index (χ3n) is 1.96. The predicted octanol–water partition coefficient (Wildman–Crippen LogP) is 3.08. The quantitative estimate of drug-likeness (QED) is 0.640. The highest BCUT2D eigenvalue weighted by atomic mass is 35.5. The predicted molar refractivity (Wildman–Crippen MR) is 59.4 cm³/mol. The van der Waals surface area contributed by atoms with Crippen LogP contribution in [-0.2, 0) is 6.18 Å². The second-order valence-electron chi connectivity index (χ2n) is 3.13. The molecule has 2 aromatic rings. The van der Waals surface area contributed by atoms with Gasteiger partial charge in [-0.3, -0.25) is 0 Å². The third kappa shape index (κ3) is 2.66. The van der Waals surface area contributed by atoms with E-state index in [9.17, 15) is 13.2 Å². The third-order valence-corrected chi connectivity index (χ3v) is 3.37. The summed E-state index contributed by atoms with van der Waals surface area (Å²) in [5.74, 6) is 0.994. The van der Waals surface area contributed by atoms with Crippen molar-refractivity contribution in [1.82, 2.24) is 14.6 Å². The molecular weight excluding hydrogens is 275 g/mol. The maximum atomic E-state index is 12.5. The molecule has 3 nitrogen and oxygen atoms in total. The highest BCUT2D eigenvalue weighted by molar-refractivity contribution is 7.99. The number of aromatic nitrogens is 3. The molecular formula is C9H7ClF3N3S. The molecule has 0 amide bonds. The molecule has 2 rings (SSSR count). The lowest BCUT2D eigenvalue weighted by Gasteiger charge is -1.99. The zero-order valence-corrected chi connectivity index (χ0v) is 9.98. The number of nitrogens with zero attached hydrogens (tertiary/aromatic N) is 3. The van der Waals surface area contributed by atoms with E-state index in [0.29, 0.717) is 22.2 Å². The van der Waals surface area contributed by atoms with E-state index < -0.39 is 11.9 Å². The van der Waals surface area contributed by atoms with E-state index in [4.69, 9.17) is 11.6 Å².